The van der Waals surface area contributed by atoms with E-state index >= 15 is 0 Å². The number of aromatic nitrogens is 3. The molecule has 3 rings (SSSR count). The van der Waals surface area contributed by atoms with Gasteiger partial charge in [-0.2, -0.15) is 0 Å². The Morgan fingerprint density at radius 2 is 2.19 bits per heavy atom. The Morgan fingerprint density at radius 1 is 1.42 bits per heavy atom. The molecule has 10 nitrogen and oxygen atoms in total. The van der Waals surface area contributed by atoms with Crippen LogP contribution >= 0.6 is 0 Å². The standard InChI is InChI=1S/C16H20N4O6/c1-2-25-10(22)4-3-8-5-20(15-11(8)14(17)18-7-19-15)16-13(24)12(23)9(6-21)26-16/h3-5,7,9,12-13,16,21,23-24H,2,6H2,1H3,(H2,17,18,19)/b4-3+/t9-,12-,13-,16-/m1/s1. The van der Waals surface area contributed by atoms with Crippen molar-refractivity contribution in [1.82, 2.24) is 14.5 Å². The van der Waals surface area contributed by atoms with Crippen LogP contribution in [-0.2, 0) is 14.3 Å². The number of hydrogen-bond donors (Lipinski definition) is 4. The molecule has 1 saturated heterocycles. The van der Waals surface area contributed by atoms with E-state index in [0.717, 1.165) is 0 Å². The van der Waals surface area contributed by atoms with Gasteiger partial charge >= 0.3 is 5.97 Å². The summed E-state index contributed by atoms with van der Waals surface area (Å²) in [5.74, 6) is -0.333. The fourth-order valence-corrected chi connectivity index (χ4v) is 2.92. The van der Waals surface area contributed by atoms with Gasteiger partial charge in [0.2, 0.25) is 0 Å². The number of carbonyl (C=O) groups excluding carboxylic acids is 1. The number of aliphatic hydroxyl groups excluding tert-OH is 3. The number of fused-ring (bicyclic) bond motifs is 1. The minimum Gasteiger partial charge on any atom is -0.463 e. The van der Waals surface area contributed by atoms with Crippen molar-refractivity contribution in [1.29, 1.82) is 0 Å². The van der Waals surface area contributed by atoms with Crippen molar-refractivity contribution in [2.45, 2.75) is 31.5 Å². The second kappa shape index (κ2) is 7.38. The molecule has 0 amide bonds. The third kappa shape index (κ3) is 3.15. The summed E-state index contributed by atoms with van der Waals surface area (Å²) in [6.07, 6.45) is 1.14. The Bertz CT molecular complexity index is 835. The smallest absolute Gasteiger partial charge is 0.330 e. The van der Waals surface area contributed by atoms with Crippen LogP contribution in [0.15, 0.2) is 18.6 Å². The molecule has 0 aromatic carbocycles. The molecule has 26 heavy (non-hydrogen) atoms. The van der Waals surface area contributed by atoms with Crippen LogP contribution in [0.25, 0.3) is 17.1 Å². The third-order valence-corrected chi connectivity index (χ3v) is 4.14. The fraction of sp³-hybridized carbons (Fsp3) is 0.438. The molecule has 2 aromatic heterocycles. The molecular formula is C16H20N4O6. The highest BCUT2D eigenvalue weighted by atomic mass is 16.6. The normalized spacial score (nSPS) is 26.0. The van der Waals surface area contributed by atoms with Crippen LogP contribution in [0.4, 0.5) is 5.82 Å². The average molecular weight is 364 g/mol. The van der Waals surface area contributed by atoms with E-state index < -0.39 is 37.1 Å². The van der Waals surface area contributed by atoms with Gasteiger partial charge in [-0.25, -0.2) is 14.8 Å². The van der Waals surface area contributed by atoms with E-state index in [4.69, 9.17) is 15.2 Å². The Labute approximate surface area is 148 Å². The lowest BCUT2D eigenvalue weighted by Crippen LogP contribution is -2.33. The largest absolute Gasteiger partial charge is 0.463 e. The SMILES string of the molecule is CCOC(=O)/C=C/c1cn([C@@H]2O[C@H](CO)[C@@H](O)[C@H]2O)c2ncnc(N)c12. The quantitative estimate of drug-likeness (QED) is 0.394. The lowest BCUT2D eigenvalue weighted by molar-refractivity contribution is -0.137. The molecule has 140 valence electrons. The molecule has 2 aromatic rings. The van der Waals surface area contributed by atoms with Gasteiger partial charge in [0.1, 0.15) is 36.1 Å². The van der Waals surface area contributed by atoms with Crippen LogP contribution in [0.1, 0.15) is 18.7 Å². The molecule has 0 unspecified atom stereocenters. The Kier molecular flexibility index (Phi) is 5.18. The predicted octanol–water partition coefficient (Wildman–Crippen LogP) is -0.799. The van der Waals surface area contributed by atoms with Crippen LogP contribution in [0.2, 0.25) is 0 Å². The molecule has 4 atom stereocenters. The number of esters is 1. The maximum Gasteiger partial charge on any atom is 0.330 e. The Balaban J connectivity index is 2.05. The minimum absolute atomic E-state index is 0.184. The van der Waals surface area contributed by atoms with Gasteiger partial charge in [-0.15, -0.1) is 0 Å². The summed E-state index contributed by atoms with van der Waals surface area (Å²) in [7, 11) is 0. The van der Waals surface area contributed by atoms with E-state index in [1.54, 1.807) is 13.1 Å². The lowest BCUT2D eigenvalue weighted by Gasteiger charge is -2.17. The second-order valence-electron chi connectivity index (χ2n) is 5.76. The van der Waals surface area contributed by atoms with Gasteiger partial charge in [-0.05, 0) is 13.0 Å². The van der Waals surface area contributed by atoms with Crippen molar-refractivity contribution >= 4 is 28.9 Å². The van der Waals surface area contributed by atoms with Crippen molar-refractivity contribution in [3.05, 3.63) is 24.2 Å². The number of hydrogen-bond acceptors (Lipinski definition) is 9. The molecule has 0 radical (unpaired) electrons. The number of nitrogens with two attached hydrogens (primary N) is 1. The molecule has 3 heterocycles. The molecular weight excluding hydrogens is 344 g/mol. The number of rotatable bonds is 5. The monoisotopic (exact) mass is 364 g/mol. The first-order valence-corrected chi connectivity index (χ1v) is 8.06. The Morgan fingerprint density at radius 3 is 2.85 bits per heavy atom. The number of carbonyl (C=O) groups is 1. The van der Waals surface area contributed by atoms with Crippen molar-refractivity contribution < 1.29 is 29.6 Å². The first kappa shape index (κ1) is 18.3. The molecule has 0 spiro atoms. The molecule has 1 aliphatic rings. The molecule has 0 bridgehead atoms. The second-order valence-corrected chi connectivity index (χ2v) is 5.76. The van der Waals surface area contributed by atoms with Crippen LogP contribution in [0.5, 0.6) is 0 Å². The first-order chi connectivity index (χ1) is 12.5. The summed E-state index contributed by atoms with van der Waals surface area (Å²) < 4.78 is 11.9. The number of nitrogen functional groups attached to an aromatic ring is 1. The summed E-state index contributed by atoms with van der Waals surface area (Å²) in [6.45, 7) is 1.50. The summed E-state index contributed by atoms with van der Waals surface area (Å²) in [4.78, 5) is 19.7. The number of ether oxygens (including phenoxy) is 2. The summed E-state index contributed by atoms with van der Waals surface area (Å²) in [6, 6.07) is 0. The maximum absolute atomic E-state index is 11.6. The summed E-state index contributed by atoms with van der Waals surface area (Å²) in [5, 5.41) is 30.0. The molecule has 0 aliphatic carbocycles. The van der Waals surface area contributed by atoms with E-state index in [-0.39, 0.29) is 12.4 Å². The first-order valence-electron chi connectivity index (χ1n) is 8.06. The van der Waals surface area contributed by atoms with Gasteiger partial charge in [0.05, 0.1) is 18.6 Å². The zero-order chi connectivity index (χ0) is 18.8. The average Bonchev–Trinajstić information content (AvgIpc) is 3.13. The van der Waals surface area contributed by atoms with E-state index in [0.29, 0.717) is 16.6 Å². The lowest BCUT2D eigenvalue weighted by atomic mass is 10.1. The maximum atomic E-state index is 11.6. The molecule has 1 fully saturated rings. The van der Waals surface area contributed by atoms with Gasteiger partial charge in [0.15, 0.2) is 6.23 Å². The van der Waals surface area contributed by atoms with E-state index in [9.17, 15) is 20.1 Å². The van der Waals surface area contributed by atoms with Crippen molar-refractivity contribution in [3.8, 4) is 0 Å². The fourth-order valence-electron chi connectivity index (χ4n) is 2.92. The molecule has 0 saturated carbocycles. The van der Waals surface area contributed by atoms with Crippen molar-refractivity contribution in [2.75, 3.05) is 18.9 Å². The zero-order valence-electron chi connectivity index (χ0n) is 14.0. The third-order valence-electron chi connectivity index (χ3n) is 4.14. The predicted molar refractivity (Wildman–Crippen MR) is 90.6 cm³/mol. The molecule has 5 N–H and O–H groups in total. The van der Waals surface area contributed by atoms with Crippen molar-refractivity contribution in [2.24, 2.45) is 0 Å². The van der Waals surface area contributed by atoms with Crippen molar-refractivity contribution in [3.63, 3.8) is 0 Å². The van der Waals surface area contributed by atoms with E-state index in [1.807, 2.05) is 0 Å². The van der Waals surface area contributed by atoms with Gasteiger partial charge in [0.25, 0.3) is 0 Å². The topological polar surface area (TPSA) is 153 Å². The summed E-state index contributed by atoms with van der Waals surface area (Å²) >= 11 is 0. The Hall–Kier alpha value is -2.53. The zero-order valence-corrected chi connectivity index (χ0v) is 14.0. The number of aliphatic hydroxyl groups is 3. The van der Waals surface area contributed by atoms with Gasteiger partial charge in [-0.3, -0.25) is 0 Å². The number of nitrogens with zero attached hydrogens (tertiary/aromatic N) is 3. The van der Waals surface area contributed by atoms with Gasteiger partial charge < -0.3 is 35.1 Å². The number of anilines is 1. The van der Waals surface area contributed by atoms with Gasteiger partial charge in [-0.1, -0.05) is 0 Å². The highest BCUT2D eigenvalue weighted by Crippen LogP contribution is 2.34. The summed E-state index contributed by atoms with van der Waals surface area (Å²) in [5.41, 5.74) is 6.82. The van der Waals surface area contributed by atoms with Gasteiger partial charge in [0, 0.05) is 17.8 Å². The van der Waals surface area contributed by atoms with E-state index in [1.165, 1.54) is 23.0 Å². The highest BCUT2D eigenvalue weighted by molar-refractivity contribution is 5.97. The highest BCUT2D eigenvalue weighted by Gasteiger charge is 2.44. The van der Waals surface area contributed by atoms with E-state index in [2.05, 4.69) is 9.97 Å². The van der Waals surface area contributed by atoms with Crippen LogP contribution < -0.4 is 5.73 Å². The minimum atomic E-state index is -1.28. The molecule has 1 aliphatic heterocycles. The van der Waals surface area contributed by atoms with Crippen LogP contribution in [0.3, 0.4) is 0 Å². The molecule has 10 heteroatoms. The van der Waals surface area contributed by atoms with Crippen LogP contribution in [0, 0.1) is 0 Å². The van der Waals surface area contributed by atoms with Crippen LogP contribution in [-0.4, -0.2) is 67.3 Å².